The van der Waals surface area contributed by atoms with Crippen molar-refractivity contribution in [2.45, 2.75) is 104 Å². The van der Waals surface area contributed by atoms with Gasteiger partial charge in [-0.05, 0) is 104 Å². The van der Waals surface area contributed by atoms with Crippen molar-refractivity contribution in [3.63, 3.8) is 0 Å². The Labute approximate surface area is 214 Å². The van der Waals surface area contributed by atoms with Gasteiger partial charge in [-0.25, -0.2) is 0 Å². The first-order valence-electron chi connectivity index (χ1n) is 15.3. The van der Waals surface area contributed by atoms with Crippen LogP contribution in [-0.2, 0) is 14.3 Å². The van der Waals surface area contributed by atoms with E-state index in [9.17, 15) is 4.79 Å². The molecule has 0 aromatic carbocycles. The summed E-state index contributed by atoms with van der Waals surface area (Å²) in [6.07, 6.45) is 13.1. The molecule has 0 amide bonds. The zero-order chi connectivity index (χ0) is 24.4. The second-order valence-electron chi connectivity index (χ2n) is 14.4. The number of ether oxygens (including phenoxy) is 2. The Balaban J connectivity index is 1.09. The third-order valence-corrected chi connectivity index (χ3v) is 12.7. The van der Waals surface area contributed by atoms with Crippen LogP contribution in [0.15, 0.2) is 0 Å². The third kappa shape index (κ3) is 4.16. The fourth-order valence-corrected chi connectivity index (χ4v) is 10.8. The maximum Gasteiger partial charge on any atom is 0.133 e. The maximum absolute atomic E-state index is 12.2. The molecule has 0 aromatic rings. The van der Waals surface area contributed by atoms with E-state index in [1.807, 2.05) is 0 Å². The van der Waals surface area contributed by atoms with Gasteiger partial charge in [-0.15, -0.1) is 0 Å². The lowest BCUT2D eigenvalue weighted by Gasteiger charge is -2.60. The first-order chi connectivity index (χ1) is 16.8. The molecule has 2 heterocycles. The van der Waals surface area contributed by atoms with E-state index >= 15 is 0 Å². The molecular weight excluding hydrogens is 434 g/mol. The van der Waals surface area contributed by atoms with E-state index in [0.717, 1.165) is 75.2 Å². The largest absolute Gasteiger partial charge is 0.379 e. The van der Waals surface area contributed by atoms with Gasteiger partial charge in [-0.2, -0.15) is 0 Å². The van der Waals surface area contributed by atoms with E-state index in [1.54, 1.807) is 0 Å². The van der Waals surface area contributed by atoms with Gasteiger partial charge >= 0.3 is 0 Å². The fraction of sp³-hybridized carbons (Fsp3) is 0.968. The predicted molar refractivity (Wildman–Crippen MR) is 139 cm³/mol. The molecular formula is C31H51NO3. The lowest BCUT2D eigenvalue weighted by atomic mass is 9.44. The molecule has 35 heavy (non-hydrogen) atoms. The van der Waals surface area contributed by atoms with E-state index in [-0.39, 0.29) is 0 Å². The molecule has 0 unspecified atom stereocenters. The van der Waals surface area contributed by atoms with Crippen molar-refractivity contribution in [3.8, 4) is 0 Å². The van der Waals surface area contributed by atoms with Crippen molar-refractivity contribution in [1.29, 1.82) is 0 Å². The zero-order valence-corrected chi connectivity index (χ0v) is 23.0. The molecule has 6 rings (SSSR count). The van der Waals surface area contributed by atoms with Gasteiger partial charge in [0.2, 0.25) is 0 Å². The van der Waals surface area contributed by atoms with Gasteiger partial charge < -0.3 is 9.47 Å². The number of nitrogens with zero attached hydrogens (tertiary/aromatic N) is 1. The van der Waals surface area contributed by atoms with Gasteiger partial charge in [0.25, 0.3) is 0 Å². The van der Waals surface area contributed by atoms with Crippen LogP contribution >= 0.6 is 0 Å². The molecule has 6 fully saturated rings. The lowest BCUT2D eigenvalue weighted by molar-refractivity contribution is -0.140. The number of morpholine rings is 1. The van der Waals surface area contributed by atoms with Crippen LogP contribution in [0.5, 0.6) is 0 Å². The number of rotatable bonds is 5. The Kier molecular flexibility index (Phi) is 6.67. The molecule has 0 spiro atoms. The minimum absolute atomic E-state index is 0.418. The quantitative estimate of drug-likeness (QED) is 0.480. The minimum atomic E-state index is 0.418. The van der Waals surface area contributed by atoms with Gasteiger partial charge in [-0.1, -0.05) is 27.7 Å². The van der Waals surface area contributed by atoms with Crippen molar-refractivity contribution in [1.82, 2.24) is 4.90 Å². The first kappa shape index (κ1) is 24.9. The van der Waals surface area contributed by atoms with Crippen LogP contribution in [-0.4, -0.2) is 55.7 Å². The number of hydrogen-bond acceptors (Lipinski definition) is 4. The maximum atomic E-state index is 12.2. The average Bonchev–Trinajstić information content (AvgIpc) is 3.32. The summed E-state index contributed by atoms with van der Waals surface area (Å²) in [6, 6.07) is 0. The van der Waals surface area contributed by atoms with Crippen molar-refractivity contribution in [2.75, 3.05) is 32.8 Å². The molecule has 4 heteroatoms. The molecule has 6 aliphatic rings. The van der Waals surface area contributed by atoms with Crippen LogP contribution in [0.1, 0.15) is 91.9 Å². The number of hydrogen-bond donors (Lipinski definition) is 0. The second kappa shape index (κ2) is 9.38. The van der Waals surface area contributed by atoms with Crippen LogP contribution in [0, 0.1) is 52.3 Å². The minimum Gasteiger partial charge on any atom is -0.379 e. The molecule has 2 aliphatic heterocycles. The van der Waals surface area contributed by atoms with Crippen molar-refractivity contribution >= 4 is 5.78 Å². The van der Waals surface area contributed by atoms with Crippen LogP contribution in [0.4, 0.5) is 0 Å². The van der Waals surface area contributed by atoms with Gasteiger partial charge in [0, 0.05) is 32.5 Å². The fourth-order valence-electron chi connectivity index (χ4n) is 10.8. The van der Waals surface area contributed by atoms with Crippen LogP contribution in [0.25, 0.3) is 0 Å². The standard InChI is InChI=1S/C31H51NO3/c1-20(19-32-13-15-34-16-14-32)5-8-27-21(2)29-28(35-27)18-26-24-7-6-22-17-23(33)9-11-30(22,3)25(24)10-12-31(26,29)4/h20-22,24-29H,5-19H2,1-4H3/t20-,21+,22+,24+,25-,26-,27+,28-,29-,30-,31-/m0/s1. The second-order valence-corrected chi connectivity index (χ2v) is 14.4. The summed E-state index contributed by atoms with van der Waals surface area (Å²) < 4.78 is 12.5. The highest BCUT2D eigenvalue weighted by Crippen LogP contribution is 2.69. The number of carbonyl (C=O) groups is 1. The highest BCUT2D eigenvalue weighted by Gasteiger charge is 2.65. The summed E-state index contributed by atoms with van der Waals surface area (Å²) in [7, 11) is 0. The van der Waals surface area contributed by atoms with Crippen LogP contribution in [0.3, 0.4) is 0 Å². The van der Waals surface area contributed by atoms with Crippen molar-refractivity contribution in [3.05, 3.63) is 0 Å². The molecule has 0 N–H and O–H groups in total. The summed E-state index contributed by atoms with van der Waals surface area (Å²) >= 11 is 0. The molecule has 2 saturated heterocycles. The Morgan fingerprint density at radius 1 is 1.06 bits per heavy atom. The molecule has 4 aliphatic carbocycles. The summed E-state index contributed by atoms with van der Waals surface area (Å²) in [5.74, 6) is 5.95. The number of Topliss-reactive ketones (excluding diaryl/α,β-unsaturated/α-hetero) is 1. The summed E-state index contributed by atoms with van der Waals surface area (Å²) in [5.41, 5.74) is 0.884. The van der Waals surface area contributed by atoms with E-state index in [1.165, 1.54) is 51.5 Å². The first-order valence-corrected chi connectivity index (χ1v) is 15.3. The Bertz CT molecular complexity index is 794. The van der Waals surface area contributed by atoms with Crippen LogP contribution in [0.2, 0.25) is 0 Å². The van der Waals surface area contributed by atoms with Gasteiger partial charge in [-0.3, -0.25) is 9.69 Å². The Morgan fingerprint density at radius 2 is 1.86 bits per heavy atom. The summed E-state index contributed by atoms with van der Waals surface area (Å²) in [4.78, 5) is 14.8. The molecule has 11 atom stereocenters. The highest BCUT2D eigenvalue weighted by molar-refractivity contribution is 5.79. The lowest BCUT2D eigenvalue weighted by Crippen LogP contribution is -2.54. The highest BCUT2D eigenvalue weighted by atomic mass is 16.5. The van der Waals surface area contributed by atoms with Gasteiger partial charge in [0.05, 0.1) is 25.4 Å². The molecule has 4 saturated carbocycles. The molecule has 0 radical (unpaired) electrons. The molecule has 0 aromatic heterocycles. The Morgan fingerprint density at radius 3 is 2.66 bits per heavy atom. The molecule has 4 nitrogen and oxygen atoms in total. The summed E-state index contributed by atoms with van der Waals surface area (Å²) in [6.45, 7) is 15.4. The van der Waals surface area contributed by atoms with E-state index in [0.29, 0.717) is 40.7 Å². The van der Waals surface area contributed by atoms with E-state index in [2.05, 4.69) is 32.6 Å². The van der Waals surface area contributed by atoms with Crippen molar-refractivity contribution < 1.29 is 14.3 Å². The van der Waals surface area contributed by atoms with Gasteiger partial charge in [0.15, 0.2) is 0 Å². The Hall–Kier alpha value is -0.450. The third-order valence-electron chi connectivity index (χ3n) is 12.7. The number of carbonyl (C=O) groups excluding carboxylic acids is 1. The monoisotopic (exact) mass is 485 g/mol. The zero-order valence-electron chi connectivity index (χ0n) is 23.0. The topological polar surface area (TPSA) is 38.8 Å². The average molecular weight is 486 g/mol. The number of fused-ring (bicyclic) bond motifs is 7. The predicted octanol–water partition coefficient (Wildman–Crippen LogP) is 5.98. The molecule has 0 bridgehead atoms. The van der Waals surface area contributed by atoms with E-state index < -0.39 is 0 Å². The summed E-state index contributed by atoms with van der Waals surface area (Å²) in [5, 5.41) is 0. The van der Waals surface area contributed by atoms with Crippen molar-refractivity contribution in [2.24, 2.45) is 52.3 Å². The SMILES string of the molecule is C[C@@H](CC[C@H]1O[C@H]2C[C@H]3[C@@H]4CC[C@@H]5CC(=O)CC[C@]5(C)[C@H]4CC[C@]3(C)[C@H]2[C@@H]1C)CN1CCOCC1. The van der Waals surface area contributed by atoms with Gasteiger partial charge in [0.1, 0.15) is 5.78 Å². The molecule has 198 valence electrons. The number of ketones is 1. The normalized spacial score (nSPS) is 50.8. The smallest absolute Gasteiger partial charge is 0.133 e. The van der Waals surface area contributed by atoms with E-state index in [4.69, 9.17) is 9.47 Å². The van der Waals surface area contributed by atoms with Crippen LogP contribution < -0.4 is 0 Å².